The number of anilines is 1. The van der Waals surface area contributed by atoms with Crippen LogP contribution < -0.4 is 5.32 Å². The molecular weight excluding hydrogens is 255 g/mol. The molecule has 0 saturated carbocycles. The minimum Gasteiger partial charge on any atom is -0.465 e. The molecule has 0 radical (unpaired) electrons. The fraction of sp³-hybridized carbons (Fsp3) is 0. The predicted octanol–water partition coefficient (Wildman–Crippen LogP) is 2.65. The first-order valence-corrected chi connectivity index (χ1v) is 4.40. The molecule has 0 saturated heterocycles. The minimum absolute atomic E-state index is 0.259. The number of hydrogen-bond acceptors (Lipinski definition) is 3. The first kappa shape index (κ1) is 8.76. The van der Waals surface area contributed by atoms with Crippen molar-refractivity contribution >= 4 is 50.1 Å². The number of carboxylic acid groups (broad SMARTS) is 1. The van der Waals surface area contributed by atoms with Crippen molar-refractivity contribution in [2.24, 2.45) is 0 Å². The first-order valence-electron chi connectivity index (χ1n) is 2.41. The van der Waals surface area contributed by atoms with E-state index < -0.39 is 6.09 Å². The van der Waals surface area contributed by atoms with Gasteiger partial charge in [0, 0.05) is 0 Å². The maximum absolute atomic E-state index is 10.1. The van der Waals surface area contributed by atoms with E-state index in [1.165, 1.54) is 0 Å². The van der Waals surface area contributed by atoms with E-state index in [0.717, 1.165) is 11.3 Å². The van der Waals surface area contributed by atoms with Gasteiger partial charge >= 0.3 is 6.09 Å². The van der Waals surface area contributed by atoms with Crippen LogP contribution in [0.2, 0.25) is 4.34 Å². The molecule has 1 heterocycles. The van der Waals surface area contributed by atoms with Gasteiger partial charge in [0.25, 0.3) is 0 Å². The molecule has 0 aliphatic rings. The van der Waals surface area contributed by atoms with Crippen LogP contribution in [0.25, 0.3) is 0 Å². The fourth-order valence-corrected chi connectivity index (χ4v) is 1.80. The summed E-state index contributed by atoms with van der Waals surface area (Å²) in [6.45, 7) is 0. The summed E-state index contributed by atoms with van der Waals surface area (Å²) in [5.74, 6) is 0. The number of thiazole rings is 1. The van der Waals surface area contributed by atoms with Crippen LogP contribution in [0.15, 0.2) is 4.60 Å². The van der Waals surface area contributed by atoms with Crippen LogP contribution in [-0.4, -0.2) is 16.2 Å². The average Bonchev–Trinajstić information content (AvgIpc) is 2.10. The summed E-state index contributed by atoms with van der Waals surface area (Å²) >= 11 is 9.69. The van der Waals surface area contributed by atoms with E-state index >= 15 is 0 Å². The Morgan fingerprint density at radius 2 is 2.45 bits per heavy atom. The third-order valence-electron chi connectivity index (χ3n) is 0.762. The molecule has 1 rings (SSSR count). The molecule has 0 fully saturated rings. The van der Waals surface area contributed by atoms with Crippen molar-refractivity contribution in [2.75, 3.05) is 5.32 Å². The molecule has 0 aliphatic heterocycles. The maximum atomic E-state index is 10.1. The van der Waals surface area contributed by atoms with Crippen LogP contribution in [0.1, 0.15) is 0 Å². The van der Waals surface area contributed by atoms with Gasteiger partial charge in [0.15, 0.2) is 5.13 Å². The highest BCUT2D eigenvalue weighted by Gasteiger charge is 2.07. The highest BCUT2D eigenvalue weighted by molar-refractivity contribution is 9.10. The molecule has 0 aromatic carbocycles. The lowest BCUT2D eigenvalue weighted by molar-refractivity contribution is 0.209. The smallest absolute Gasteiger partial charge is 0.410 e. The van der Waals surface area contributed by atoms with Crippen LogP contribution in [-0.2, 0) is 0 Å². The summed E-state index contributed by atoms with van der Waals surface area (Å²) in [4.78, 5) is 13.8. The van der Waals surface area contributed by atoms with Crippen LogP contribution in [0.3, 0.4) is 0 Å². The molecule has 0 spiro atoms. The highest BCUT2D eigenvalue weighted by Crippen LogP contribution is 2.31. The Hall–Kier alpha value is -0.330. The molecule has 2 N–H and O–H groups in total. The fourth-order valence-electron chi connectivity index (χ4n) is 0.428. The number of rotatable bonds is 1. The molecule has 7 heteroatoms. The average molecular weight is 257 g/mol. The Bertz CT molecular complexity index is 270. The molecule has 1 aromatic rings. The van der Waals surface area contributed by atoms with E-state index in [1.807, 2.05) is 0 Å². The number of halogens is 2. The van der Waals surface area contributed by atoms with Crippen molar-refractivity contribution in [3.05, 3.63) is 8.94 Å². The van der Waals surface area contributed by atoms with Gasteiger partial charge < -0.3 is 5.11 Å². The van der Waals surface area contributed by atoms with E-state index in [-0.39, 0.29) is 5.13 Å². The summed E-state index contributed by atoms with van der Waals surface area (Å²) in [6, 6.07) is 0. The van der Waals surface area contributed by atoms with Crippen molar-refractivity contribution in [1.29, 1.82) is 0 Å². The third kappa shape index (κ3) is 2.32. The number of hydrogen-bond donors (Lipinski definition) is 2. The lowest BCUT2D eigenvalue weighted by atomic mass is 11.0. The number of aromatic nitrogens is 1. The lowest BCUT2D eigenvalue weighted by Gasteiger charge is -1.89. The van der Waals surface area contributed by atoms with Crippen molar-refractivity contribution in [1.82, 2.24) is 4.98 Å². The molecule has 0 bridgehead atoms. The second kappa shape index (κ2) is 3.38. The minimum atomic E-state index is -1.15. The van der Waals surface area contributed by atoms with Gasteiger partial charge in [0.1, 0.15) is 8.94 Å². The molecule has 60 valence electrons. The zero-order valence-electron chi connectivity index (χ0n) is 4.97. The normalized spacial score (nSPS) is 9.64. The second-order valence-corrected chi connectivity index (χ2v) is 3.87. The molecule has 0 unspecified atom stereocenters. The van der Waals surface area contributed by atoms with E-state index in [9.17, 15) is 4.79 Å². The zero-order valence-corrected chi connectivity index (χ0v) is 8.13. The number of carbonyl (C=O) groups is 1. The second-order valence-electron chi connectivity index (χ2n) is 1.51. The van der Waals surface area contributed by atoms with E-state index in [2.05, 4.69) is 26.2 Å². The number of amides is 1. The van der Waals surface area contributed by atoms with Crippen molar-refractivity contribution in [3.63, 3.8) is 0 Å². The van der Waals surface area contributed by atoms with Gasteiger partial charge in [-0.05, 0) is 15.9 Å². The standard InChI is InChI=1S/C4H2BrClN2O2S/c5-1-2(6)11-3(7-1)8-4(9)10/h(H,7,8)(H,9,10). The summed E-state index contributed by atoms with van der Waals surface area (Å²) in [6.07, 6.45) is -1.15. The zero-order chi connectivity index (χ0) is 8.43. The quantitative estimate of drug-likeness (QED) is 0.813. The number of nitrogens with one attached hydrogen (secondary N) is 1. The maximum Gasteiger partial charge on any atom is 0.410 e. The van der Waals surface area contributed by atoms with Gasteiger partial charge in [-0.2, -0.15) is 0 Å². The summed E-state index contributed by atoms with van der Waals surface area (Å²) in [7, 11) is 0. The molecular formula is C4H2BrClN2O2S. The third-order valence-corrected chi connectivity index (χ3v) is 3.00. The SMILES string of the molecule is O=C(O)Nc1nc(Br)c(Cl)s1. The van der Waals surface area contributed by atoms with E-state index in [4.69, 9.17) is 16.7 Å². The van der Waals surface area contributed by atoms with E-state index in [0.29, 0.717) is 8.94 Å². The Kier molecular flexibility index (Phi) is 2.69. The Labute approximate surface area is 79.3 Å². The molecule has 0 atom stereocenters. The van der Waals surface area contributed by atoms with Crippen molar-refractivity contribution in [3.8, 4) is 0 Å². The van der Waals surface area contributed by atoms with Gasteiger partial charge in [-0.15, -0.1) is 0 Å². The van der Waals surface area contributed by atoms with Gasteiger partial charge in [0.2, 0.25) is 0 Å². The highest BCUT2D eigenvalue weighted by atomic mass is 79.9. The van der Waals surface area contributed by atoms with Crippen LogP contribution in [0.4, 0.5) is 9.93 Å². The molecule has 4 nitrogen and oxygen atoms in total. The summed E-state index contributed by atoms with van der Waals surface area (Å²) in [5.41, 5.74) is 0. The van der Waals surface area contributed by atoms with Gasteiger partial charge in [-0.25, -0.2) is 9.78 Å². The van der Waals surface area contributed by atoms with Crippen LogP contribution in [0.5, 0.6) is 0 Å². The molecule has 0 aliphatic carbocycles. The topological polar surface area (TPSA) is 62.2 Å². The Balaban J connectivity index is 2.81. The molecule has 1 aromatic heterocycles. The Morgan fingerprint density at radius 3 is 2.82 bits per heavy atom. The van der Waals surface area contributed by atoms with Gasteiger partial charge in [0.05, 0.1) is 0 Å². The summed E-state index contributed by atoms with van der Waals surface area (Å²) < 4.78 is 0.877. The monoisotopic (exact) mass is 256 g/mol. The predicted molar refractivity (Wildman–Crippen MR) is 46.5 cm³/mol. The molecule has 11 heavy (non-hydrogen) atoms. The van der Waals surface area contributed by atoms with Gasteiger partial charge in [-0.3, -0.25) is 5.32 Å². The van der Waals surface area contributed by atoms with Crippen molar-refractivity contribution in [2.45, 2.75) is 0 Å². The van der Waals surface area contributed by atoms with Crippen LogP contribution in [0, 0.1) is 0 Å². The first-order chi connectivity index (χ1) is 5.09. The lowest BCUT2D eigenvalue weighted by Crippen LogP contribution is -2.06. The Morgan fingerprint density at radius 1 is 1.82 bits per heavy atom. The number of nitrogens with zero attached hydrogens (tertiary/aromatic N) is 1. The van der Waals surface area contributed by atoms with Gasteiger partial charge in [-0.1, -0.05) is 22.9 Å². The van der Waals surface area contributed by atoms with E-state index in [1.54, 1.807) is 0 Å². The van der Waals surface area contributed by atoms with Crippen LogP contribution >= 0.6 is 38.9 Å². The van der Waals surface area contributed by atoms with Crippen molar-refractivity contribution < 1.29 is 9.90 Å². The molecule has 1 amide bonds. The largest absolute Gasteiger partial charge is 0.465 e. The summed E-state index contributed by atoms with van der Waals surface area (Å²) in [5, 5.41) is 10.6.